The number of carbonyl (C=O) groups is 2. The highest BCUT2D eigenvalue weighted by atomic mass is 16.2. The summed E-state index contributed by atoms with van der Waals surface area (Å²) in [6.45, 7) is 0. The highest BCUT2D eigenvalue weighted by Gasteiger charge is 2.59. The Hall–Kier alpha value is -2.66. The quantitative estimate of drug-likeness (QED) is 0.795. The monoisotopic (exact) mass is 321 g/mol. The molecule has 2 aromatic rings. The van der Waals surface area contributed by atoms with Gasteiger partial charge in [0, 0.05) is 14.1 Å². The van der Waals surface area contributed by atoms with E-state index in [2.05, 4.69) is 5.01 Å². The number of para-hydroxylation sites is 1. The number of anilines is 1. The van der Waals surface area contributed by atoms with E-state index in [0.717, 1.165) is 11.3 Å². The fourth-order valence-corrected chi connectivity index (χ4v) is 3.92. The van der Waals surface area contributed by atoms with E-state index in [1.807, 2.05) is 72.7 Å². The van der Waals surface area contributed by atoms with Gasteiger partial charge in [0.25, 0.3) is 0 Å². The van der Waals surface area contributed by atoms with Crippen molar-refractivity contribution in [2.24, 2.45) is 5.92 Å². The van der Waals surface area contributed by atoms with Crippen LogP contribution in [-0.2, 0) is 9.59 Å². The lowest BCUT2D eigenvalue weighted by molar-refractivity contribution is -0.139. The highest BCUT2D eigenvalue weighted by Crippen LogP contribution is 2.47. The van der Waals surface area contributed by atoms with Crippen LogP contribution in [0.3, 0.4) is 0 Å². The number of likely N-dealkylation sites (N-methyl/N-ethyl adjacent to an activating group) is 2. The van der Waals surface area contributed by atoms with E-state index in [-0.39, 0.29) is 17.9 Å². The summed E-state index contributed by atoms with van der Waals surface area (Å²) in [7, 11) is 3.46. The second-order valence-electron chi connectivity index (χ2n) is 6.32. The molecule has 0 unspecified atom stereocenters. The Bertz CT molecular complexity index is 778. The first-order valence-electron chi connectivity index (χ1n) is 8.04. The van der Waals surface area contributed by atoms with Gasteiger partial charge in [0.2, 0.25) is 11.8 Å². The van der Waals surface area contributed by atoms with Crippen LogP contribution in [0.25, 0.3) is 0 Å². The van der Waals surface area contributed by atoms with Gasteiger partial charge >= 0.3 is 0 Å². The first kappa shape index (κ1) is 14.9. The van der Waals surface area contributed by atoms with Crippen LogP contribution in [-0.4, -0.2) is 41.9 Å². The van der Waals surface area contributed by atoms with Crippen LogP contribution < -0.4 is 5.01 Å². The molecule has 2 heterocycles. The van der Waals surface area contributed by atoms with E-state index in [4.69, 9.17) is 0 Å². The van der Waals surface area contributed by atoms with Crippen LogP contribution in [0.15, 0.2) is 60.7 Å². The van der Waals surface area contributed by atoms with E-state index in [9.17, 15) is 9.59 Å². The van der Waals surface area contributed by atoms with Crippen molar-refractivity contribution in [2.45, 2.75) is 12.1 Å². The van der Waals surface area contributed by atoms with Crippen LogP contribution in [0.5, 0.6) is 0 Å². The average molecular weight is 321 g/mol. The number of likely N-dealkylation sites (tertiary alicyclic amines) is 1. The summed E-state index contributed by atoms with van der Waals surface area (Å²) in [6, 6.07) is 19.2. The summed E-state index contributed by atoms with van der Waals surface area (Å²) in [5, 5.41) is 3.99. The van der Waals surface area contributed by atoms with Gasteiger partial charge in [-0.1, -0.05) is 48.5 Å². The second-order valence-corrected chi connectivity index (χ2v) is 6.32. The molecule has 2 fully saturated rings. The molecule has 2 aliphatic heterocycles. The third kappa shape index (κ3) is 1.98. The Kier molecular flexibility index (Phi) is 3.39. The van der Waals surface area contributed by atoms with Crippen LogP contribution in [0.2, 0.25) is 0 Å². The normalized spacial score (nSPS) is 27.0. The Morgan fingerprint density at radius 2 is 1.33 bits per heavy atom. The van der Waals surface area contributed by atoms with E-state index < -0.39 is 12.0 Å². The third-order valence-corrected chi connectivity index (χ3v) is 5.05. The van der Waals surface area contributed by atoms with Crippen molar-refractivity contribution in [3.8, 4) is 0 Å². The Balaban J connectivity index is 1.87. The van der Waals surface area contributed by atoms with Crippen LogP contribution >= 0.6 is 0 Å². The van der Waals surface area contributed by atoms with Gasteiger partial charge in [0.1, 0.15) is 6.04 Å². The average Bonchev–Trinajstić information content (AvgIpc) is 3.05. The van der Waals surface area contributed by atoms with Crippen molar-refractivity contribution in [3.05, 3.63) is 66.2 Å². The molecule has 24 heavy (non-hydrogen) atoms. The number of benzene rings is 2. The molecule has 2 aromatic carbocycles. The maximum absolute atomic E-state index is 12.8. The number of nitrogens with zero attached hydrogens (tertiary/aromatic N) is 3. The number of hydrogen-bond donors (Lipinski definition) is 0. The molecule has 2 saturated heterocycles. The van der Waals surface area contributed by atoms with Crippen molar-refractivity contribution < 1.29 is 9.59 Å². The predicted molar refractivity (Wildman–Crippen MR) is 90.9 cm³/mol. The molecule has 0 aromatic heterocycles. The fourth-order valence-electron chi connectivity index (χ4n) is 3.92. The van der Waals surface area contributed by atoms with Crippen LogP contribution in [0.4, 0.5) is 5.69 Å². The molecule has 3 atom stereocenters. The van der Waals surface area contributed by atoms with Crippen molar-refractivity contribution in [1.29, 1.82) is 0 Å². The number of carbonyl (C=O) groups excluding carboxylic acids is 2. The lowest BCUT2D eigenvalue weighted by Crippen LogP contribution is -2.44. The standard InChI is InChI=1S/C19H19N3O2/c1-20-18(23)15-16(13-9-5-3-6-10-13)22(14-11-7-4-8-12-14)21(2)17(15)19(20)24/h3-12,15-17H,1-2H3/t15-,16-,17+/m0/s1. The first-order valence-corrected chi connectivity index (χ1v) is 8.04. The summed E-state index contributed by atoms with van der Waals surface area (Å²) in [5.74, 6) is -0.633. The zero-order valence-corrected chi connectivity index (χ0v) is 13.7. The molecule has 5 nitrogen and oxygen atoms in total. The predicted octanol–water partition coefficient (Wildman–Crippen LogP) is 2.08. The van der Waals surface area contributed by atoms with Crippen LogP contribution in [0, 0.1) is 5.92 Å². The van der Waals surface area contributed by atoms with E-state index in [1.54, 1.807) is 7.05 Å². The Labute approximate surface area is 141 Å². The number of hydrogen-bond acceptors (Lipinski definition) is 4. The lowest BCUT2D eigenvalue weighted by atomic mass is 9.90. The second kappa shape index (κ2) is 5.46. The topological polar surface area (TPSA) is 43.9 Å². The summed E-state index contributed by atoms with van der Waals surface area (Å²) in [4.78, 5) is 26.6. The summed E-state index contributed by atoms with van der Waals surface area (Å²) < 4.78 is 0. The van der Waals surface area contributed by atoms with Crippen molar-refractivity contribution in [3.63, 3.8) is 0 Å². The minimum Gasteiger partial charge on any atom is -0.297 e. The van der Waals surface area contributed by atoms with E-state index in [1.165, 1.54) is 4.90 Å². The van der Waals surface area contributed by atoms with Gasteiger partial charge in [-0.15, -0.1) is 0 Å². The minimum absolute atomic E-state index is 0.107. The number of rotatable bonds is 2. The Morgan fingerprint density at radius 1 is 0.750 bits per heavy atom. The van der Waals surface area contributed by atoms with Gasteiger partial charge < -0.3 is 0 Å². The first-order chi connectivity index (χ1) is 11.6. The molecular formula is C19H19N3O2. The SMILES string of the molecule is CN1C(=O)[C@@H]2[C@H](C1=O)N(C)N(c1ccccc1)[C@H]2c1ccccc1. The molecule has 0 aliphatic carbocycles. The van der Waals surface area contributed by atoms with E-state index in [0.29, 0.717) is 0 Å². The number of hydrazine groups is 1. The summed E-state index contributed by atoms with van der Waals surface area (Å²) >= 11 is 0. The molecule has 2 amide bonds. The van der Waals surface area contributed by atoms with Crippen molar-refractivity contribution >= 4 is 17.5 Å². The number of imide groups is 1. The molecule has 0 saturated carbocycles. The van der Waals surface area contributed by atoms with Gasteiger partial charge in [-0.25, -0.2) is 5.01 Å². The number of amides is 2. The third-order valence-electron chi connectivity index (χ3n) is 5.05. The van der Waals surface area contributed by atoms with Gasteiger partial charge in [0.05, 0.1) is 17.6 Å². The maximum atomic E-state index is 12.8. The van der Waals surface area contributed by atoms with Gasteiger partial charge in [0.15, 0.2) is 0 Å². The molecule has 4 rings (SSSR count). The molecule has 0 bridgehead atoms. The largest absolute Gasteiger partial charge is 0.297 e. The highest BCUT2D eigenvalue weighted by molar-refractivity contribution is 6.08. The molecule has 5 heteroatoms. The minimum atomic E-state index is -0.451. The number of fused-ring (bicyclic) bond motifs is 1. The van der Waals surface area contributed by atoms with Crippen molar-refractivity contribution in [1.82, 2.24) is 9.91 Å². The lowest BCUT2D eigenvalue weighted by Gasteiger charge is -2.34. The van der Waals surface area contributed by atoms with Gasteiger partial charge in [-0.3, -0.25) is 19.5 Å². The Morgan fingerprint density at radius 3 is 1.96 bits per heavy atom. The van der Waals surface area contributed by atoms with Crippen molar-refractivity contribution in [2.75, 3.05) is 19.1 Å². The van der Waals surface area contributed by atoms with Gasteiger partial charge in [-0.2, -0.15) is 0 Å². The molecule has 0 spiro atoms. The summed E-state index contributed by atoms with van der Waals surface area (Å²) in [6.07, 6.45) is 0. The zero-order valence-electron chi connectivity index (χ0n) is 13.7. The molecule has 0 N–H and O–H groups in total. The molecule has 2 aliphatic rings. The fraction of sp³-hybridized carbons (Fsp3) is 0.263. The molecule has 122 valence electrons. The smallest absolute Gasteiger partial charge is 0.249 e. The zero-order chi connectivity index (χ0) is 16.8. The summed E-state index contributed by atoms with van der Waals surface area (Å²) in [5.41, 5.74) is 2.02. The maximum Gasteiger partial charge on any atom is 0.249 e. The van der Waals surface area contributed by atoms with Gasteiger partial charge in [-0.05, 0) is 17.7 Å². The molecule has 0 radical (unpaired) electrons. The van der Waals surface area contributed by atoms with E-state index >= 15 is 0 Å². The van der Waals surface area contributed by atoms with Crippen LogP contribution in [0.1, 0.15) is 11.6 Å². The molecular weight excluding hydrogens is 302 g/mol.